The molecule has 110 valence electrons. The average Bonchev–Trinajstić information content (AvgIpc) is 2.38. The van der Waals surface area contributed by atoms with Crippen LogP contribution in [0.15, 0.2) is 0 Å². The van der Waals surface area contributed by atoms with Crippen molar-refractivity contribution in [1.82, 2.24) is 5.32 Å². The molecule has 1 saturated carbocycles. The van der Waals surface area contributed by atoms with Crippen molar-refractivity contribution in [3.8, 4) is 0 Å². The highest BCUT2D eigenvalue weighted by atomic mass is 16.4. The van der Waals surface area contributed by atoms with E-state index in [1.54, 1.807) is 13.8 Å². The fraction of sp³-hybridized carbons (Fsp3) is 0.846. The quantitative estimate of drug-likeness (QED) is 0.582. The van der Waals surface area contributed by atoms with Gasteiger partial charge in [0, 0.05) is 23.3 Å². The number of rotatable bonds is 5. The molecule has 0 saturated heterocycles. The molecule has 1 aliphatic carbocycles. The normalized spacial score (nSPS) is 25.7. The second kappa shape index (κ2) is 6.34. The Hall–Kier alpha value is -1.14. The maximum absolute atomic E-state index is 11.9. The molecule has 0 bridgehead atoms. The van der Waals surface area contributed by atoms with Gasteiger partial charge >= 0.3 is 0 Å². The van der Waals surface area contributed by atoms with E-state index < -0.39 is 29.3 Å². The van der Waals surface area contributed by atoms with Crippen molar-refractivity contribution < 1.29 is 24.9 Å². The first-order valence-corrected chi connectivity index (χ1v) is 6.58. The number of aliphatic hydroxyl groups excluding tert-OH is 2. The first kappa shape index (κ1) is 15.9. The highest BCUT2D eigenvalue weighted by Crippen LogP contribution is 2.25. The van der Waals surface area contributed by atoms with Gasteiger partial charge in [-0.2, -0.15) is 0 Å². The molecule has 6 heteroatoms. The lowest BCUT2D eigenvalue weighted by Crippen LogP contribution is -2.50. The first-order chi connectivity index (χ1) is 8.77. The smallest absolute Gasteiger partial charge is 0.249 e. The summed E-state index contributed by atoms with van der Waals surface area (Å²) in [7, 11) is 0. The van der Waals surface area contributed by atoms with Gasteiger partial charge in [-0.3, -0.25) is 4.79 Å². The topological polar surface area (TPSA) is 110 Å². The Morgan fingerprint density at radius 3 is 2.58 bits per heavy atom. The van der Waals surface area contributed by atoms with Gasteiger partial charge < -0.3 is 25.4 Å². The summed E-state index contributed by atoms with van der Waals surface area (Å²) in [6.45, 7) is 2.86. The van der Waals surface area contributed by atoms with E-state index in [9.17, 15) is 19.8 Å². The van der Waals surface area contributed by atoms with Crippen LogP contribution in [-0.4, -0.2) is 40.8 Å². The van der Waals surface area contributed by atoms with E-state index in [0.717, 1.165) is 0 Å². The minimum absolute atomic E-state index is 0.256. The van der Waals surface area contributed by atoms with Crippen LogP contribution in [0.4, 0.5) is 0 Å². The predicted octanol–water partition coefficient (Wildman–Crippen LogP) is -1.21. The minimum atomic E-state index is -1.32. The molecule has 1 rings (SSSR count). The van der Waals surface area contributed by atoms with E-state index in [1.807, 2.05) is 0 Å². The van der Waals surface area contributed by atoms with Gasteiger partial charge in [-0.05, 0) is 19.3 Å². The van der Waals surface area contributed by atoms with Crippen LogP contribution in [0, 0.1) is 11.3 Å². The number of carboxylic acid groups (broad SMARTS) is 1. The number of hydrogen-bond acceptors (Lipinski definition) is 5. The Bertz CT molecular complexity index is 342. The molecule has 1 amide bonds. The van der Waals surface area contributed by atoms with Crippen molar-refractivity contribution >= 4 is 11.9 Å². The summed E-state index contributed by atoms with van der Waals surface area (Å²) < 4.78 is 0. The number of aliphatic hydroxyl groups is 2. The van der Waals surface area contributed by atoms with Crippen molar-refractivity contribution in [3.63, 3.8) is 0 Å². The van der Waals surface area contributed by atoms with Crippen molar-refractivity contribution in [2.24, 2.45) is 11.3 Å². The second-order valence-electron chi connectivity index (χ2n) is 5.94. The zero-order valence-corrected chi connectivity index (χ0v) is 11.4. The van der Waals surface area contributed by atoms with Crippen molar-refractivity contribution in [1.29, 1.82) is 0 Å². The Balaban J connectivity index is 2.55. The summed E-state index contributed by atoms with van der Waals surface area (Å²) in [5, 5.41) is 32.4. The average molecular weight is 272 g/mol. The number of carbonyl (C=O) groups excluding carboxylic acids is 2. The van der Waals surface area contributed by atoms with Crippen LogP contribution >= 0.6 is 0 Å². The molecule has 0 aromatic rings. The third kappa shape index (κ3) is 4.18. The van der Waals surface area contributed by atoms with Crippen LogP contribution in [0.1, 0.15) is 39.5 Å². The molecule has 19 heavy (non-hydrogen) atoms. The van der Waals surface area contributed by atoms with Gasteiger partial charge in [0.1, 0.15) is 6.10 Å². The summed E-state index contributed by atoms with van der Waals surface area (Å²) in [6, 6.07) is -0.256. The highest BCUT2D eigenvalue weighted by Gasteiger charge is 2.34. The summed E-state index contributed by atoms with van der Waals surface area (Å²) >= 11 is 0. The summed E-state index contributed by atoms with van der Waals surface area (Å²) in [5.41, 5.74) is -0.924. The third-order valence-electron chi connectivity index (χ3n) is 3.75. The van der Waals surface area contributed by atoms with Crippen LogP contribution < -0.4 is 10.4 Å². The Kier molecular flexibility index (Phi) is 5.31. The monoisotopic (exact) mass is 272 g/mol. The molecular formula is C13H22NO5-. The van der Waals surface area contributed by atoms with Crippen molar-refractivity contribution in [3.05, 3.63) is 0 Å². The molecular weight excluding hydrogens is 250 g/mol. The van der Waals surface area contributed by atoms with Gasteiger partial charge in [-0.15, -0.1) is 0 Å². The van der Waals surface area contributed by atoms with Gasteiger partial charge in [0.05, 0.1) is 6.61 Å². The van der Waals surface area contributed by atoms with E-state index in [0.29, 0.717) is 25.7 Å². The number of amides is 1. The minimum Gasteiger partial charge on any atom is -0.550 e. The lowest BCUT2D eigenvalue weighted by Gasteiger charge is -2.33. The number of hydrogen-bond donors (Lipinski definition) is 3. The molecule has 0 heterocycles. The molecule has 1 aliphatic rings. The standard InChI is InChI=1S/C13H23NO5/c1-13(2,7-15)10(16)11(17)14-9-5-3-4-8(6-9)12(18)19/h8-10,15-16H,3-7H2,1-2H3,(H,14,17)(H,18,19)/p-1/t8-,9+,10-/m0/s1. The van der Waals surface area contributed by atoms with Crippen LogP contribution in [-0.2, 0) is 9.59 Å². The molecule has 0 aliphatic heterocycles. The predicted molar refractivity (Wildman–Crippen MR) is 65.8 cm³/mol. The fourth-order valence-electron chi connectivity index (χ4n) is 2.26. The number of carboxylic acids is 1. The number of nitrogens with one attached hydrogen (secondary N) is 1. The van der Waals surface area contributed by atoms with Gasteiger partial charge in [-0.1, -0.05) is 20.3 Å². The van der Waals surface area contributed by atoms with Crippen LogP contribution in [0.25, 0.3) is 0 Å². The summed E-state index contributed by atoms with van der Waals surface area (Å²) in [6.07, 6.45) is 0.991. The largest absolute Gasteiger partial charge is 0.550 e. The van der Waals surface area contributed by atoms with Crippen LogP contribution in [0.3, 0.4) is 0 Å². The summed E-state index contributed by atoms with van der Waals surface area (Å²) in [5.74, 6) is -2.19. The van der Waals surface area contributed by atoms with Crippen LogP contribution in [0.5, 0.6) is 0 Å². The first-order valence-electron chi connectivity index (χ1n) is 6.58. The number of carbonyl (C=O) groups is 2. The van der Waals surface area contributed by atoms with Gasteiger partial charge in [0.25, 0.3) is 0 Å². The molecule has 1 fully saturated rings. The number of aliphatic carboxylic acids is 1. The molecule has 3 N–H and O–H groups in total. The molecule has 0 aromatic carbocycles. The van der Waals surface area contributed by atoms with Gasteiger partial charge in [0.15, 0.2) is 0 Å². The third-order valence-corrected chi connectivity index (χ3v) is 3.75. The maximum Gasteiger partial charge on any atom is 0.249 e. The molecule has 0 unspecified atom stereocenters. The van der Waals surface area contributed by atoms with Crippen LogP contribution in [0.2, 0.25) is 0 Å². The van der Waals surface area contributed by atoms with E-state index in [1.165, 1.54) is 0 Å². The molecule has 0 aromatic heterocycles. The lowest BCUT2D eigenvalue weighted by molar-refractivity contribution is -0.312. The van der Waals surface area contributed by atoms with E-state index in [2.05, 4.69) is 5.32 Å². The van der Waals surface area contributed by atoms with Crippen molar-refractivity contribution in [2.45, 2.75) is 51.7 Å². The highest BCUT2D eigenvalue weighted by molar-refractivity contribution is 5.81. The second-order valence-corrected chi connectivity index (χ2v) is 5.94. The Morgan fingerprint density at radius 2 is 2.05 bits per heavy atom. The summed E-state index contributed by atoms with van der Waals surface area (Å²) in [4.78, 5) is 22.7. The molecule has 3 atom stereocenters. The Morgan fingerprint density at radius 1 is 1.42 bits per heavy atom. The van der Waals surface area contributed by atoms with E-state index in [4.69, 9.17) is 5.11 Å². The lowest BCUT2D eigenvalue weighted by atomic mass is 9.84. The zero-order chi connectivity index (χ0) is 14.6. The SMILES string of the molecule is CC(C)(CO)[C@@H](O)C(=O)N[C@@H]1CCC[C@H](C(=O)[O-])C1. The van der Waals surface area contributed by atoms with E-state index in [-0.39, 0.29) is 12.6 Å². The molecule has 0 spiro atoms. The van der Waals surface area contributed by atoms with Gasteiger partial charge in [0.2, 0.25) is 5.91 Å². The molecule has 0 radical (unpaired) electrons. The maximum atomic E-state index is 11.9. The van der Waals surface area contributed by atoms with E-state index >= 15 is 0 Å². The fourth-order valence-corrected chi connectivity index (χ4v) is 2.26. The zero-order valence-electron chi connectivity index (χ0n) is 11.4. The molecule has 6 nitrogen and oxygen atoms in total. The Labute approximate surface area is 112 Å². The van der Waals surface area contributed by atoms with Crippen molar-refractivity contribution in [2.75, 3.05) is 6.61 Å². The van der Waals surface area contributed by atoms with Gasteiger partial charge in [-0.25, -0.2) is 0 Å².